The number of alkyl halides is 3. The quantitative estimate of drug-likeness (QED) is 0.492. The van der Waals surface area contributed by atoms with Crippen molar-refractivity contribution in [2.24, 2.45) is 0 Å². The molecule has 6 rings (SSSR count). The van der Waals surface area contributed by atoms with Crippen molar-refractivity contribution in [2.75, 3.05) is 31.1 Å². The van der Waals surface area contributed by atoms with Gasteiger partial charge in [0.25, 0.3) is 0 Å². The maximum Gasteiger partial charge on any atom is 0.416 e. The normalized spacial score (nSPS) is 17.4. The Morgan fingerprint density at radius 3 is 2.62 bits per heavy atom. The molecule has 1 saturated heterocycles. The number of hydrogen-bond acceptors (Lipinski definition) is 5. The van der Waals surface area contributed by atoms with Gasteiger partial charge in [0.05, 0.1) is 34.4 Å². The predicted molar refractivity (Wildman–Crippen MR) is 123 cm³/mol. The summed E-state index contributed by atoms with van der Waals surface area (Å²) < 4.78 is 43.8. The first-order valence-electron chi connectivity index (χ1n) is 11.7. The van der Waals surface area contributed by atoms with Crippen LogP contribution in [0.2, 0.25) is 0 Å². The largest absolute Gasteiger partial charge is 0.416 e. The van der Waals surface area contributed by atoms with Gasteiger partial charge in [-0.25, -0.2) is 9.97 Å². The van der Waals surface area contributed by atoms with Gasteiger partial charge in [-0.15, -0.1) is 0 Å². The molecule has 0 spiro atoms. The highest BCUT2D eigenvalue weighted by atomic mass is 19.4. The summed E-state index contributed by atoms with van der Waals surface area (Å²) >= 11 is 0. The lowest BCUT2D eigenvalue weighted by atomic mass is 9.97. The Kier molecular flexibility index (Phi) is 4.84. The van der Waals surface area contributed by atoms with E-state index in [0.29, 0.717) is 5.52 Å². The van der Waals surface area contributed by atoms with Gasteiger partial charge in [0.1, 0.15) is 11.6 Å². The molecule has 0 saturated carbocycles. The van der Waals surface area contributed by atoms with Crippen molar-refractivity contribution in [3.05, 3.63) is 53.1 Å². The summed E-state index contributed by atoms with van der Waals surface area (Å²) in [4.78, 5) is 11.8. The molecule has 5 heterocycles. The standard InChI is InChI=1S/C24H26F3N7/c1-14(2)33-20-4-3-16(24(25,26)27)11-19(20)31-22(33)15-12-32(13-15)23-17-5-8-28-9-6-18(17)30-21-7-10-29-34(21)23/h3-4,7,10-11,14-15,28H,5-6,8-9,12-13H2,1-2H3. The van der Waals surface area contributed by atoms with E-state index in [2.05, 4.69) is 19.9 Å². The van der Waals surface area contributed by atoms with E-state index in [9.17, 15) is 13.2 Å². The van der Waals surface area contributed by atoms with Gasteiger partial charge >= 0.3 is 6.18 Å². The summed E-state index contributed by atoms with van der Waals surface area (Å²) in [6, 6.07) is 5.88. The molecule has 178 valence electrons. The number of imidazole rings is 1. The van der Waals surface area contributed by atoms with Crippen LogP contribution in [0.15, 0.2) is 30.5 Å². The molecule has 7 nitrogen and oxygen atoms in total. The Bertz CT molecular complexity index is 1380. The van der Waals surface area contributed by atoms with Crippen LogP contribution in [-0.2, 0) is 19.0 Å². The van der Waals surface area contributed by atoms with Crippen molar-refractivity contribution in [1.29, 1.82) is 0 Å². The fourth-order valence-corrected chi connectivity index (χ4v) is 5.28. The number of benzene rings is 1. The minimum absolute atomic E-state index is 0.0897. The lowest BCUT2D eigenvalue weighted by molar-refractivity contribution is -0.137. The van der Waals surface area contributed by atoms with E-state index in [1.165, 1.54) is 5.56 Å². The Labute approximate surface area is 194 Å². The third-order valence-corrected chi connectivity index (χ3v) is 6.89. The number of nitrogens with one attached hydrogen (secondary N) is 1. The van der Waals surface area contributed by atoms with Crippen molar-refractivity contribution < 1.29 is 13.2 Å². The van der Waals surface area contributed by atoms with Gasteiger partial charge in [0.2, 0.25) is 0 Å². The summed E-state index contributed by atoms with van der Waals surface area (Å²) in [6.45, 7) is 7.37. The molecule has 0 radical (unpaired) electrons. The Morgan fingerprint density at radius 2 is 1.85 bits per heavy atom. The molecule has 34 heavy (non-hydrogen) atoms. The van der Waals surface area contributed by atoms with Crippen LogP contribution in [-0.4, -0.2) is 50.3 Å². The minimum atomic E-state index is -4.38. The third-order valence-electron chi connectivity index (χ3n) is 6.89. The third kappa shape index (κ3) is 3.34. The fourth-order valence-electron chi connectivity index (χ4n) is 5.28. The van der Waals surface area contributed by atoms with Crippen LogP contribution in [0.4, 0.5) is 19.0 Å². The van der Waals surface area contributed by atoms with Crippen molar-refractivity contribution in [3.63, 3.8) is 0 Å². The van der Waals surface area contributed by atoms with E-state index in [1.54, 1.807) is 12.3 Å². The van der Waals surface area contributed by atoms with Gasteiger partial charge in [-0.1, -0.05) is 0 Å². The van der Waals surface area contributed by atoms with Gasteiger partial charge in [-0.3, -0.25) is 0 Å². The number of nitrogens with zero attached hydrogens (tertiary/aromatic N) is 6. The van der Waals surface area contributed by atoms with E-state index in [4.69, 9.17) is 9.97 Å². The Hall–Kier alpha value is -3.14. The van der Waals surface area contributed by atoms with Crippen molar-refractivity contribution in [3.8, 4) is 0 Å². The molecule has 2 aliphatic heterocycles. The van der Waals surface area contributed by atoms with Crippen LogP contribution >= 0.6 is 0 Å². The smallest absolute Gasteiger partial charge is 0.355 e. The molecule has 0 bridgehead atoms. The molecule has 0 aliphatic carbocycles. The first kappa shape index (κ1) is 21.4. The van der Waals surface area contributed by atoms with E-state index in [0.717, 1.165) is 79.7 Å². The molecule has 0 atom stereocenters. The summed E-state index contributed by atoms with van der Waals surface area (Å²) in [7, 11) is 0. The Balaban J connectivity index is 1.37. The second-order valence-corrected chi connectivity index (χ2v) is 9.45. The van der Waals surface area contributed by atoms with E-state index < -0.39 is 11.7 Å². The molecule has 4 aromatic rings. The van der Waals surface area contributed by atoms with Crippen LogP contribution in [0.25, 0.3) is 16.7 Å². The van der Waals surface area contributed by atoms with Crippen molar-refractivity contribution >= 4 is 22.5 Å². The lowest BCUT2D eigenvalue weighted by Gasteiger charge is -2.42. The second kappa shape index (κ2) is 7.69. The SMILES string of the molecule is CC(C)n1c(C2CN(c3c4c(nc5ccnn35)CCNCC4)C2)nc2cc(C(F)(F)F)ccc21. The van der Waals surface area contributed by atoms with Gasteiger partial charge in [0.15, 0.2) is 5.65 Å². The molecule has 10 heteroatoms. The van der Waals surface area contributed by atoms with Crippen LogP contribution in [0.5, 0.6) is 0 Å². The molecule has 3 aromatic heterocycles. The molecular formula is C24H26F3N7. The van der Waals surface area contributed by atoms with Gasteiger partial charge < -0.3 is 14.8 Å². The van der Waals surface area contributed by atoms with E-state index >= 15 is 0 Å². The van der Waals surface area contributed by atoms with Crippen LogP contribution in [0.3, 0.4) is 0 Å². The number of fused-ring (bicyclic) bond motifs is 3. The molecule has 0 amide bonds. The average Bonchev–Trinajstić information content (AvgIpc) is 3.29. The first-order valence-corrected chi connectivity index (χ1v) is 11.7. The monoisotopic (exact) mass is 469 g/mol. The Morgan fingerprint density at radius 1 is 1.06 bits per heavy atom. The van der Waals surface area contributed by atoms with Crippen LogP contribution in [0.1, 0.15) is 48.5 Å². The maximum atomic E-state index is 13.3. The molecule has 2 aliphatic rings. The number of anilines is 1. The first-order chi connectivity index (χ1) is 16.3. The van der Waals surface area contributed by atoms with E-state index in [-0.39, 0.29) is 12.0 Å². The molecule has 0 unspecified atom stereocenters. The second-order valence-electron chi connectivity index (χ2n) is 9.45. The molecule has 1 fully saturated rings. The van der Waals surface area contributed by atoms with E-state index in [1.807, 2.05) is 24.4 Å². The minimum Gasteiger partial charge on any atom is -0.355 e. The summed E-state index contributed by atoms with van der Waals surface area (Å²) in [5, 5.41) is 7.98. The molecule has 1 aromatic carbocycles. The topological polar surface area (TPSA) is 63.3 Å². The maximum absolute atomic E-state index is 13.3. The van der Waals surface area contributed by atoms with Crippen molar-refractivity contribution in [2.45, 2.75) is 44.8 Å². The highest BCUT2D eigenvalue weighted by Gasteiger charge is 2.37. The number of hydrogen-bond donors (Lipinski definition) is 1. The highest BCUT2D eigenvalue weighted by Crippen LogP contribution is 2.38. The zero-order valence-electron chi connectivity index (χ0n) is 19.1. The summed E-state index contributed by atoms with van der Waals surface area (Å²) in [5.41, 5.74) is 3.67. The van der Waals surface area contributed by atoms with Crippen LogP contribution < -0.4 is 10.2 Å². The average molecular weight is 470 g/mol. The fraction of sp³-hybridized carbons (Fsp3) is 0.458. The van der Waals surface area contributed by atoms with Gasteiger partial charge in [0, 0.05) is 43.7 Å². The molecular weight excluding hydrogens is 443 g/mol. The summed E-state index contributed by atoms with van der Waals surface area (Å²) in [5.74, 6) is 2.05. The zero-order valence-corrected chi connectivity index (χ0v) is 19.1. The molecule has 1 N–H and O–H groups in total. The lowest BCUT2D eigenvalue weighted by Crippen LogP contribution is -2.47. The van der Waals surface area contributed by atoms with Crippen LogP contribution in [0, 0.1) is 0 Å². The summed E-state index contributed by atoms with van der Waals surface area (Å²) in [6.07, 6.45) is -0.838. The predicted octanol–water partition coefficient (Wildman–Crippen LogP) is 3.97. The zero-order chi connectivity index (χ0) is 23.6. The van der Waals surface area contributed by atoms with Gasteiger partial charge in [-0.05, 0) is 45.0 Å². The number of halogens is 3. The van der Waals surface area contributed by atoms with Crippen molar-refractivity contribution in [1.82, 2.24) is 29.5 Å². The number of aromatic nitrogens is 5. The highest BCUT2D eigenvalue weighted by molar-refractivity contribution is 5.77. The van der Waals surface area contributed by atoms with Gasteiger partial charge in [-0.2, -0.15) is 22.8 Å². The number of rotatable bonds is 3.